The number of carbonyl (C=O) groups is 1. The van der Waals surface area contributed by atoms with Crippen LogP contribution in [0.15, 0.2) is 41.7 Å². The van der Waals surface area contributed by atoms with Gasteiger partial charge < -0.3 is 9.64 Å². The number of amides is 1. The fourth-order valence-corrected chi connectivity index (χ4v) is 2.40. The zero-order valence-corrected chi connectivity index (χ0v) is 13.1. The van der Waals surface area contributed by atoms with Crippen molar-refractivity contribution in [2.45, 2.75) is 5.16 Å². The molecule has 1 aromatic carbocycles. The molecule has 1 heterocycles. The Bertz CT molecular complexity index is 615. The van der Waals surface area contributed by atoms with Gasteiger partial charge in [0, 0.05) is 25.9 Å². The van der Waals surface area contributed by atoms with E-state index in [9.17, 15) is 4.79 Å². The van der Waals surface area contributed by atoms with E-state index in [2.05, 4.69) is 9.97 Å². The van der Waals surface area contributed by atoms with Gasteiger partial charge in [0.15, 0.2) is 5.16 Å². The maximum atomic E-state index is 11.6. The monoisotopic (exact) mass is 303 g/mol. The van der Waals surface area contributed by atoms with Crippen LogP contribution in [0.2, 0.25) is 0 Å². The highest BCUT2D eigenvalue weighted by Gasteiger charge is 2.08. The standard InChI is InChI=1S/C15H17N3O2S/c1-18(2)14(19)10-21-15-16-9-8-13(17-15)11-4-6-12(20-3)7-5-11/h4-9H,10H2,1-3H3. The molecule has 2 rings (SSSR count). The van der Waals surface area contributed by atoms with Crippen molar-refractivity contribution in [3.8, 4) is 17.0 Å². The van der Waals surface area contributed by atoms with Gasteiger partial charge in [-0.15, -0.1) is 0 Å². The van der Waals surface area contributed by atoms with Gasteiger partial charge >= 0.3 is 0 Å². The van der Waals surface area contributed by atoms with Crippen molar-refractivity contribution in [3.63, 3.8) is 0 Å². The van der Waals surface area contributed by atoms with Crippen LogP contribution in [0.25, 0.3) is 11.3 Å². The third kappa shape index (κ3) is 4.19. The summed E-state index contributed by atoms with van der Waals surface area (Å²) in [7, 11) is 5.10. The predicted octanol–water partition coefficient (Wildman–Crippen LogP) is 2.33. The van der Waals surface area contributed by atoms with Gasteiger partial charge in [0.1, 0.15) is 5.75 Å². The minimum absolute atomic E-state index is 0.0402. The lowest BCUT2D eigenvalue weighted by molar-refractivity contribution is -0.125. The first kappa shape index (κ1) is 15.3. The van der Waals surface area contributed by atoms with Crippen molar-refractivity contribution < 1.29 is 9.53 Å². The molecule has 0 aliphatic rings. The van der Waals surface area contributed by atoms with Crippen molar-refractivity contribution >= 4 is 17.7 Å². The third-order valence-corrected chi connectivity index (χ3v) is 3.69. The second kappa shape index (κ2) is 7.08. The van der Waals surface area contributed by atoms with Gasteiger partial charge in [-0.3, -0.25) is 4.79 Å². The summed E-state index contributed by atoms with van der Waals surface area (Å²) in [5, 5.41) is 0.596. The normalized spacial score (nSPS) is 10.2. The van der Waals surface area contributed by atoms with Crippen LogP contribution in [0, 0.1) is 0 Å². The van der Waals surface area contributed by atoms with E-state index in [-0.39, 0.29) is 5.91 Å². The lowest BCUT2D eigenvalue weighted by atomic mass is 10.1. The Morgan fingerprint density at radius 3 is 2.57 bits per heavy atom. The molecule has 0 saturated heterocycles. The third-order valence-electron chi connectivity index (χ3n) is 2.84. The molecule has 0 radical (unpaired) electrons. The lowest BCUT2D eigenvalue weighted by Crippen LogP contribution is -2.23. The van der Waals surface area contributed by atoms with Gasteiger partial charge in [0.05, 0.1) is 18.6 Å². The molecule has 0 atom stereocenters. The molecule has 0 bridgehead atoms. The summed E-state index contributed by atoms with van der Waals surface area (Å²) in [5.74, 6) is 1.18. The van der Waals surface area contributed by atoms with E-state index in [1.165, 1.54) is 11.8 Å². The molecule has 0 spiro atoms. The highest BCUT2D eigenvalue weighted by atomic mass is 32.2. The molecule has 6 heteroatoms. The van der Waals surface area contributed by atoms with Crippen molar-refractivity contribution in [3.05, 3.63) is 36.5 Å². The molecule has 0 aliphatic heterocycles. The second-order valence-electron chi connectivity index (χ2n) is 4.53. The molecular weight excluding hydrogens is 286 g/mol. The van der Waals surface area contributed by atoms with Crippen LogP contribution in [-0.4, -0.2) is 47.7 Å². The Labute approximate surface area is 128 Å². The number of carbonyl (C=O) groups excluding carboxylic acids is 1. The molecule has 1 aromatic heterocycles. The Hall–Kier alpha value is -2.08. The molecule has 0 unspecified atom stereocenters. The minimum Gasteiger partial charge on any atom is -0.497 e. The van der Waals surface area contributed by atoms with Crippen LogP contribution in [0.1, 0.15) is 0 Å². The predicted molar refractivity (Wildman–Crippen MR) is 83.4 cm³/mol. The first-order valence-corrected chi connectivity index (χ1v) is 7.39. The highest BCUT2D eigenvalue weighted by Crippen LogP contribution is 2.22. The molecule has 0 fully saturated rings. The smallest absolute Gasteiger partial charge is 0.232 e. The van der Waals surface area contributed by atoms with Crippen LogP contribution in [0.5, 0.6) is 5.75 Å². The molecule has 0 aliphatic carbocycles. The lowest BCUT2D eigenvalue weighted by Gasteiger charge is -2.09. The van der Waals surface area contributed by atoms with Gasteiger partial charge in [0.25, 0.3) is 0 Å². The van der Waals surface area contributed by atoms with Crippen molar-refractivity contribution in [1.29, 1.82) is 0 Å². The van der Waals surface area contributed by atoms with Gasteiger partial charge in [0.2, 0.25) is 5.91 Å². The summed E-state index contributed by atoms with van der Waals surface area (Å²) < 4.78 is 5.14. The number of nitrogens with zero attached hydrogens (tertiary/aromatic N) is 3. The van der Waals surface area contributed by atoms with E-state index in [4.69, 9.17) is 4.74 Å². The summed E-state index contributed by atoms with van der Waals surface area (Å²) in [6.45, 7) is 0. The summed E-state index contributed by atoms with van der Waals surface area (Å²) >= 11 is 1.34. The second-order valence-corrected chi connectivity index (χ2v) is 5.47. The molecule has 0 N–H and O–H groups in total. The average molecular weight is 303 g/mol. The number of methoxy groups -OCH3 is 1. The topological polar surface area (TPSA) is 55.3 Å². The molecule has 21 heavy (non-hydrogen) atoms. The summed E-state index contributed by atoms with van der Waals surface area (Å²) in [6, 6.07) is 9.51. The minimum atomic E-state index is 0.0402. The quantitative estimate of drug-likeness (QED) is 0.627. The number of hydrogen-bond donors (Lipinski definition) is 0. The SMILES string of the molecule is COc1ccc(-c2ccnc(SCC(=O)N(C)C)n2)cc1. The fraction of sp³-hybridized carbons (Fsp3) is 0.267. The van der Waals surface area contributed by atoms with E-state index in [0.29, 0.717) is 10.9 Å². The zero-order valence-electron chi connectivity index (χ0n) is 12.2. The number of hydrogen-bond acceptors (Lipinski definition) is 5. The first-order valence-electron chi connectivity index (χ1n) is 6.40. The maximum absolute atomic E-state index is 11.6. The molecule has 1 amide bonds. The van der Waals surface area contributed by atoms with E-state index in [1.54, 1.807) is 32.3 Å². The van der Waals surface area contributed by atoms with Crippen LogP contribution in [-0.2, 0) is 4.79 Å². The molecular formula is C15H17N3O2S. The van der Waals surface area contributed by atoms with Crippen molar-refractivity contribution in [2.24, 2.45) is 0 Å². The number of benzene rings is 1. The van der Waals surface area contributed by atoms with Crippen LogP contribution in [0.3, 0.4) is 0 Å². The zero-order chi connectivity index (χ0) is 15.2. The summed E-state index contributed by atoms with van der Waals surface area (Å²) in [5.41, 5.74) is 1.81. The molecule has 2 aromatic rings. The first-order chi connectivity index (χ1) is 10.1. The molecule has 0 saturated carbocycles. The van der Waals surface area contributed by atoms with Crippen molar-refractivity contribution in [1.82, 2.24) is 14.9 Å². The van der Waals surface area contributed by atoms with Gasteiger partial charge in [-0.05, 0) is 30.3 Å². The Kier molecular flexibility index (Phi) is 5.16. The van der Waals surface area contributed by atoms with E-state index in [0.717, 1.165) is 17.0 Å². The van der Waals surface area contributed by atoms with E-state index in [1.807, 2.05) is 30.3 Å². The van der Waals surface area contributed by atoms with Gasteiger partial charge in [-0.2, -0.15) is 0 Å². The van der Waals surface area contributed by atoms with Gasteiger partial charge in [-0.1, -0.05) is 11.8 Å². The Morgan fingerprint density at radius 2 is 1.95 bits per heavy atom. The van der Waals surface area contributed by atoms with Crippen molar-refractivity contribution in [2.75, 3.05) is 27.0 Å². The van der Waals surface area contributed by atoms with Gasteiger partial charge in [-0.25, -0.2) is 9.97 Å². The fourth-order valence-electron chi connectivity index (χ4n) is 1.59. The molecule has 110 valence electrons. The van der Waals surface area contributed by atoms with Crippen LogP contribution >= 0.6 is 11.8 Å². The van der Waals surface area contributed by atoms with Crippen LogP contribution < -0.4 is 4.74 Å². The maximum Gasteiger partial charge on any atom is 0.232 e. The number of ether oxygens (including phenoxy) is 1. The Balaban J connectivity index is 2.11. The molecule has 5 nitrogen and oxygen atoms in total. The Morgan fingerprint density at radius 1 is 1.24 bits per heavy atom. The number of rotatable bonds is 5. The van der Waals surface area contributed by atoms with E-state index < -0.39 is 0 Å². The highest BCUT2D eigenvalue weighted by molar-refractivity contribution is 7.99. The number of thioether (sulfide) groups is 1. The average Bonchev–Trinajstić information content (AvgIpc) is 2.53. The number of aromatic nitrogens is 2. The summed E-state index contributed by atoms with van der Waals surface area (Å²) in [4.78, 5) is 21.8. The summed E-state index contributed by atoms with van der Waals surface area (Å²) in [6.07, 6.45) is 1.70. The largest absolute Gasteiger partial charge is 0.497 e. The van der Waals surface area contributed by atoms with E-state index >= 15 is 0 Å². The van der Waals surface area contributed by atoms with Crippen LogP contribution in [0.4, 0.5) is 0 Å².